The van der Waals surface area contributed by atoms with Crippen LogP contribution in [0.25, 0.3) is 0 Å². The van der Waals surface area contributed by atoms with Gasteiger partial charge in [-0.1, -0.05) is 0 Å². The molecule has 9 heteroatoms. The van der Waals surface area contributed by atoms with Crippen LogP contribution in [-0.2, 0) is 20.8 Å². The Bertz CT molecular complexity index is 981. The molecule has 0 saturated carbocycles. The molecule has 0 bridgehead atoms. The van der Waals surface area contributed by atoms with Gasteiger partial charge in [-0.2, -0.15) is 0 Å². The van der Waals surface area contributed by atoms with Gasteiger partial charge in [-0.3, -0.25) is 14.4 Å². The Hall–Kier alpha value is -3.33. The van der Waals surface area contributed by atoms with Crippen LogP contribution in [0.5, 0.6) is 0 Å². The van der Waals surface area contributed by atoms with Gasteiger partial charge in [-0.15, -0.1) is 0 Å². The van der Waals surface area contributed by atoms with E-state index in [-0.39, 0.29) is 17.8 Å². The van der Waals surface area contributed by atoms with Gasteiger partial charge in [0.25, 0.3) is 5.91 Å². The number of amides is 2. The Labute approximate surface area is 179 Å². The van der Waals surface area contributed by atoms with E-state index in [9.17, 15) is 23.2 Å². The van der Waals surface area contributed by atoms with E-state index >= 15 is 0 Å². The minimum atomic E-state index is -0.702. The van der Waals surface area contributed by atoms with E-state index in [1.165, 1.54) is 19.1 Å². The molecule has 1 saturated heterocycles. The van der Waals surface area contributed by atoms with Crippen LogP contribution in [0.4, 0.5) is 25.8 Å². The number of nitrogens with zero attached hydrogens (tertiary/aromatic N) is 2. The summed E-state index contributed by atoms with van der Waals surface area (Å²) < 4.78 is 26.8. The van der Waals surface area contributed by atoms with Crippen molar-refractivity contribution in [3.05, 3.63) is 53.1 Å². The number of nitrogens with one attached hydrogen (secondary N) is 2. The average molecular weight is 430 g/mol. The van der Waals surface area contributed by atoms with Crippen LogP contribution < -0.4 is 15.5 Å². The summed E-state index contributed by atoms with van der Waals surface area (Å²) in [4.78, 5) is 36.2. The van der Waals surface area contributed by atoms with Crippen LogP contribution in [-0.4, -0.2) is 56.2 Å². The Morgan fingerprint density at radius 3 is 2.35 bits per heavy atom. The van der Waals surface area contributed by atoms with Crippen LogP contribution in [0.1, 0.15) is 11.1 Å². The largest absolute Gasteiger partial charge is 0.369 e. The molecule has 2 heterocycles. The van der Waals surface area contributed by atoms with Gasteiger partial charge < -0.3 is 20.4 Å². The van der Waals surface area contributed by atoms with E-state index in [1.807, 2.05) is 11.9 Å². The number of anilines is 3. The number of fused-ring (bicyclic) bond motifs is 1. The summed E-state index contributed by atoms with van der Waals surface area (Å²) in [6.45, 7) is 4.95. The zero-order chi connectivity index (χ0) is 22.5. The highest BCUT2D eigenvalue weighted by atomic mass is 19.1. The number of likely N-dealkylation sites (N-methyl/N-ethyl adjacent to an activating group) is 1. The highest BCUT2D eigenvalue weighted by Crippen LogP contribution is 2.26. The molecule has 4 rings (SSSR count). The number of benzene rings is 2. The normalized spacial score (nSPS) is 15.5. The molecule has 1 fully saturated rings. The maximum atomic E-state index is 13.4. The van der Waals surface area contributed by atoms with Gasteiger partial charge >= 0.3 is 0 Å². The number of hydrogen-bond acceptors (Lipinski definition) is 5. The quantitative estimate of drug-likeness (QED) is 0.577. The maximum absolute atomic E-state index is 13.4. The molecule has 2 aromatic rings. The second-order valence-corrected chi connectivity index (χ2v) is 7.53. The van der Waals surface area contributed by atoms with E-state index in [1.54, 1.807) is 18.2 Å². The molecule has 2 aliphatic rings. The number of piperazine rings is 1. The summed E-state index contributed by atoms with van der Waals surface area (Å²) in [5, 5.41) is 5.06. The molecular weight excluding hydrogens is 406 g/mol. The smallest absolute Gasteiger partial charge is 0.288 e. The fourth-order valence-electron chi connectivity index (χ4n) is 3.36. The first-order valence-electron chi connectivity index (χ1n) is 9.85. The van der Waals surface area contributed by atoms with Crippen molar-refractivity contribution in [2.45, 2.75) is 13.3 Å². The molecule has 2 N–H and O–H groups in total. The van der Waals surface area contributed by atoms with Crippen LogP contribution in [0.3, 0.4) is 0 Å². The van der Waals surface area contributed by atoms with Crippen LogP contribution >= 0.6 is 0 Å². The van der Waals surface area contributed by atoms with Gasteiger partial charge in [0.15, 0.2) is 0 Å². The number of rotatable bonds is 3. The first-order chi connectivity index (χ1) is 14.8. The summed E-state index contributed by atoms with van der Waals surface area (Å²) in [6.07, 6.45) is 0.511. The second-order valence-electron chi connectivity index (χ2n) is 7.53. The first kappa shape index (κ1) is 22.4. The molecule has 0 radical (unpaired) electrons. The van der Waals surface area contributed by atoms with Gasteiger partial charge in [0.1, 0.15) is 11.6 Å². The van der Waals surface area contributed by atoms with Crippen molar-refractivity contribution in [2.24, 2.45) is 0 Å². The van der Waals surface area contributed by atoms with Crippen molar-refractivity contribution in [2.75, 3.05) is 48.8 Å². The van der Waals surface area contributed by atoms with E-state index in [2.05, 4.69) is 15.5 Å². The van der Waals surface area contributed by atoms with Crippen molar-refractivity contribution in [1.82, 2.24) is 4.90 Å². The number of carbonyl (C=O) groups excluding carboxylic acids is 3. The molecule has 7 nitrogen and oxygen atoms in total. The predicted octanol–water partition coefficient (Wildman–Crippen LogP) is 2.34. The lowest BCUT2D eigenvalue weighted by molar-refractivity contribution is -0.127. The number of halogens is 2. The first-order valence-corrected chi connectivity index (χ1v) is 9.85. The summed E-state index contributed by atoms with van der Waals surface area (Å²) in [6, 6.07) is 7.84. The predicted molar refractivity (Wildman–Crippen MR) is 114 cm³/mol. The van der Waals surface area contributed by atoms with Crippen molar-refractivity contribution in [1.29, 1.82) is 0 Å². The van der Waals surface area contributed by atoms with E-state index in [0.717, 1.165) is 37.4 Å². The molecule has 0 atom stereocenters. The summed E-state index contributed by atoms with van der Waals surface area (Å²) in [7, 11) is 2.05. The molecule has 0 aliphatic carbocycles. The monoisotopic (exact) mass is 430 g/mol. The molecular formula is C22H24F2N4O3. The Kier molecular flexibility index (Phi) is 6.96. The zero-order valence-electron chi connectivity index (χ0n) is 17.4. The number of carbonyl (C=O) groups is 3. The highest BCUT2D eigenvalue weighted by molar-refractivity contribution is 6.29. The molecule has 31 heavy (non-hydrogen) atoms. The summed E-state index contributed by atoms with van der Waals surface area (Å²) in [5.41, 5.74) is 2.83. The fourth-order valence-corrected chi connectivity index (χ4v) is 3.36. The molecule has 164 valence electrons. The maximum Gasteiger partial charge on any atom is 0.288 e. The molecule has 0 aromatic heterocycles. The lowest BCUT2D eigenvalue weighted by Crippen LogP contribution is -2.44. The molecule has 2 aromatic carbocycles. The van der Waals surface area contributed by atoms with E-state index in [4.69, 9.17) is 0 Å². The van der Waals surface area contributed by atoms with Crippen LogP contribution in [0.15, 0.2) is 30.3 Å². The molecule has 2 aliphatic heterocycles. The number of hydrogen-bond donors (Lipinski definition) is 2. The standard InChI is InChI=1S/C12H16F2N2.C10H8N2O3/c1-9-11(13)7-10(8-12(9)14)16-5-3-15(2)4-6-16;13-5-10(15)11-7-1-2-8-6(3-7)4-9(14)12-8/h7-8H,3-6H2,1-2H3;1-3,5H,4H2,(H,11,15)(H,12,14). The third-order valence-electron chi connectivity index (χ3n) is 5.24. The van der Waals surface area contributed by atoms with Gasteiger partial charge in [0, 0.05) is 48.8 Å². The average Bonchev–Trinajstić information content (AvgIpc) is 3.12. The van der Waals surface area contributed by atoms with Crippen molar-refractivity contribution < 1.29 is 23.2 Å². The lowest BCUT2D eigenvalue weighted by Gasteiger charge is -2.34. The third kappa shape index (κ3) is 5.64. The minimum absolute atomic E-state index is 0.0659. The minimum Gasteiger partial charge on any atom is -0.369 e. The van der Waals surface area contributed by atoms with Crippen LogP contribution in [0, 0.1) is 18.6 Å². The summed E-state index contributed by atoms with van der Waals surface area (Å²) in [5.74, 6) is -1.70. The van der Waals surface area contributed by atoms with Crippen molar-refractivity contribution >= 4 is 35.2 Å². The molecule has 2 amide bonds. The Balaban J connectivity index is 0.000000176. The van der Waals surface area contributed by atoms with Crippen molar-refractivity contribution in [3.8, 4) is 0 Å². The topological polar surface area (TPSA) is 81.8 Å². The van der Waals surface area contributed by atoms with Gasteiger partial charge in [-0.25, -0.2) is 8.78 Å². The lowest BCUT2D eigenvalue weighted by atomic mass is 10.1. The van der Waals surface area contributed by atoms with Crippen molar-refractivity contribution in [3.63, 3.8) is 0 Å². The fraction of sp³-hybridized carbons (Fsp3) is 0.318. The van der Waals surface area contributed by atoms with E-state index < -0.39 is 17.5 Å². The number of aldehydes is 1. The Morgan fingerprint density at radius 2 is 1.74 bits per heavy atom. The Morgan fingerprint density at radius 1 is 1.10 bits per heavy atom. The van der Waals surface area contributed by atoms with Gasteiger partial charge in [0.05, 0.1) is 6.42 Å². The molecule has 0 unspecified atom stereocenters. The zero-order valence-corrected chi connectivity index (χ0v) is 17.4. The second kappa shape index (κ2) is 9.65. The van der Waals surface area contributed by atoms with E-state index in [0.29, 0.717) is 17.8 Å². The SMILES string of the molecule is Cc1c(F)cc(N2CCN(C)CC2)cc1F.O=CC(=O)Nc1ccc2c(c1)CC(=O)N2. The van der Waals surface area contributed by atoms with Gasteiger partial charge in [-0.05, 0) is 49.9 Å². The third-order valence-corrected chi connectivity index (χ3v) is 5.24. The van der Waals surface area contributed by atoms with Crippen LogP contribution in [0.2, 0.25) is 0 Å². The van der Waals surface area contributed by atoms with Gasteiger partial charge in [0.2, 0.25) is 12.2 Å². The molecule has 0 spiro atoms. The highest BCUT2D eigenvalue weighted by Gasteiger charge is 2.18. The summed E-state index contributed by atoms with van der Waals surface area (Å²) >= 11 is 0.